The Hall–Kier alpha value is -1.92. The van der Waals surface area contributed by atoms with Gasteiger partial charge in [0.05, 0.1) is 0 Å². The van der Waals surface area contributed by atoms with Gasteiger partial charge >= 0.3 is 5.97 Å². The van der Waals surface area contributed by atoms with Gasteiger partial charge in [-0.15, -0.1) is 0 Å². The molecule has 3 N–H and O–H groups in total. The van der Waals surface area contributed by atoms with E-state index < -0.39 is 17.9 Å². The van der Waals surface area contributed by atoms with Gasteiger partial charge in [-0.25, -0.2) is 5.43 Å². The summed E-state index contributed by atoms with van der Waals surface area (Å²) in [4.78, 5) is 32.5. The number of aliphatic carboxylic acids is 1. The molecule has 0 aromatic rings. The summed E-state index contributed by atoms with van der Waals surface area (Å²) < 4.78 is 0. The molecular formula is C8H11N3O4. The lowest BCUT2D eigenvalue weighted by Gasteiger charge is -2.13. The number of hydrazone groups is 1. The highest BCUT2D eigenvalue weighted by Gasteiger charge is 2.21. The van der Waals surface area contributed by atoms with Crippen LogP contribution in [0.3, 0.4) is 0 Å². The second-order valence-electron chi connectivity index (χ2n) is 3.13. The van der Waals surface area contributed by atoms with Crippen LogP contribution in [0.1, 0.15) is 19.8 Å². The van der Waals surface area contributed by atoms with Crippen molar-refractivity contribution in [1.29, 1.82) is 0 Å². The summed E-state index contributed by atoms with van der Waals surface area (Å²) in [5.41, 5.74) is 2.30. The highest BCUT2D eigenvalue weighted by molar-refractivity contribution is 6.39. The molecular weight excluding hydrogens is 202 g/mol. The maximum Gasteiger partial charge on any atom is 0.325 e. The van der Waals surface area contributed by atoms with Gasteiger partial charge in [-0.1, -0.05) is 0 Å². The lowest BCUT2D eigenvalue weighted by molar-refractivity contribution is -0.140. The fourth-order valence-corrected chi connectivity index (χ4v) is 0.980. The number of carboxylic acid groups (broad SMARTS) is 1. The third-order valence-electron chi connectivity index (χ3n) is 1.88. The molecule has 0 fully saturated rings. The molecule has 82 valence electrons. The SMILES string of the molecule is CC(NC(=O)C1=NNC(=O)CC1)C(=O)O. The van der Waals surface area contributed by atoms with E-state index in [2.05, 4.69) is 15.8 Å². The van der Waals surface area contributed by atoms with Crippen LogP contribution in [0.5, 0.6) is 0 Å². The average Bonchev–Trinajstić information content (AvgIpc) is 2.18. The van der Waals surface area contributed by atoms with Gasteiger partial charge in [0.25, 0.3) is 5.91 Å². The fraction of sp³-hybridized carbons (Fsp3) is 0.500. The van der Waals surface area contributed by atoms with Crippen molar-refractivity contribution in [2.24, 2.45) is 5.10 Å². The highest BCUT2D eigenvalue weighted by Crippen LogP contribution is 1.99. The maximum absolute atomic E-state index is 11.4. The number of carboxylic acids is 1. The van der Waals surface area contributed by atoms with E-state index in [9.17, 15) is 14.4 Å². The Balaban J connectivity index is 2.54. The summed E-state index contributed by atoms with van der Waals surface area (Å²) in [6, 6.07) is -0.974. The van der Waals surface area contributed by atoms with Crippen molar-refractivity contribution in [3.05, 3.63) is 0 Å². The summed E-state index contributed by atoms with van der Waals surface area (Å²) in [7, 11) is 0. The molecule has 0 saturated carbocycles. The molecule has 1 aliphatic heterocycles. The van der Waals surface area contributed by atoms with Crippen LogP contribution in [-0.2, 0) is 14.4 Å². The lowest BCUT2D eigenvalue weighted by Crippen LogP contribution is -2.44. The Bertz CT molecular complexity index is 337. The van der Waals surface area contributed by atoms with Crippen molar-refractivity contribution in [3.63, 3.8) is 0 Å². The third kappa shape index (κ3) is 3.04. The van der Waals surface area contributed by atoms with Crippen molar-refractivity contribution in [1.82, 2.24) is 10.7 Å². The summed E-state index contributed by atoms with van der Waals surface area (Å²) in [6.45, 7) is 1.35. The molecule has 7 nitrogen and oxygen atoms in total. The van der Waals surface area contributed by atoms with E-state index in [1.807, 2.05) is 0 Å². The van der Waals surface area contributed by atoms with Crippen LogP contribution in [0.25, 0.3) is 0 Å². The molecule has 0 bridgehead atoms. The first-order valence-electron chi connectivity index (χ1n) is 4.40. The molecule has 1 unspecified atom stereocenters. The molecule has 1 heterocycles. The number of nitrogens with zero attached hydrogens (tertiary/aromatic N) is 1. The summed E-state index contributed by atoms with van der Waals surface area (Å²) >= 11 is 0. The van der Waals surface area contributed by atoms with E-state index in [1.54, 1.807) is 0 Å². The van der Waals surface area contributed by atoms with E-state index in [1.165, 1.54) is 6.92 Å². The fourth-order valence-electron chi connectivity index (χ4n) is 0.980. The standard InChI is InChI=1S/C8H11N3O4/c1-4(8(14)15)9-7(13)5-2-3-6(12)11-10-5/h4H,2-3H2,1H3,(H,9,13)(H,11,12)(H,14,15). The second-order valence-corrected chi connectivity index (χ2v) is 3.13. The predicted molar refractivity (Wildman–Crippen MR) is 50.1 cm³/mol. The third-order valence-corrected chi connectivity index (χ3v) is 1.88. The molecule has 0 saturated heterocycles. The Kier molecular flexibility index (Phi) is 3.37. The molecule has 0 aromatic carbocycles. The van der Waals surface area contributed by atoms with Crippen LogP contribution in [0.2, 0.25) is 0 Å². The first kappa shape index (κ1) is 11.2. The first-order valence-corrected chi connectivity index (χ1v) is 4.40. The van der Waals surface area contributed by atoms with Gasteiger partial charge < -0.3 is 10.4 Å². The van der Waals surface area contributed by atoms with Crippen LogP contribution in [0.4, 0.5) is 0 Å². The molecule has 2 amide bonds. The Morgan fingerprint density at radius 2 is 2.20 bits per heavy atom. The average molecular weight is 213 g/mol. The van der Waals surface area contributed by atoms with E-state index in [4.69, 9.17) is 5.11 Å². The van der Waals surface area contributed by atoms with Gasteiger partial charge in [-0.2, -0.15) is 5.10 Å². The highest BCUT2D eigenvalue weighted by atomic mass is 16.4. The minimum Gasteiger partial charge on any atom is -0.480 e. The van der Waals surface area contributed by atoms with Gasteiger partial charge in [0, 0.05) is 12.8 Å². The Labute approximate surface area is 85.5 Å². The molecule has 1 atom stereocenters. The number of nitrogens with one attached hydrogen (secondary N) is 2. The number of carbonyl (C=O) groups is 3. The van der Waals surface area contributed by atoms with Crippen LogP contribution in [0.15, 0.2) is 5.10 Å². The second kappa shape index (κ2) is 4.54. The largest absolute Gasteiger partial charge is 0.480 e. The zero-order valence-corrected chi connectivity index (χ0v) is 8.11. The predicted octanol–water partition coefficient (Wildman–Crippen LogP) is -1.16. The van der Waals surface area contributed by atoms with E-state index >= 15 is 0 Å². The van der Waals surface area contributed by atoms with E-state index in [0.29, 0.717) is 0 Å². The van der Waals surface area contributed by atoms with E-state index in [0.717, 1.165) is 0 Å². The summed E-state index contributed by atoms with van der Waals surface area (Å²) in [6.07, 6.45) is 0.414. The van der Waals surface area contributed by atoms with Crippen molar-refractivity contribution in [3.8, 4) is 0 Å². The van der Waals surface area contributed by atoms with Crippen LogP contribution in [0, 0.1) is 0 Å². The van der Waals surface area contributed by atoms with Crippen LogP contribution in [-0.4, -0.2) is 34.6 Å². The van der Waals surface area contributed by atoms with E-state index in [-0.39, 0.29) is 24.5 Å². The van der Waals surface area contributed by atoms with Crippen LogP contribution >= 0.6 is 0 Å². The number of amides is 2. The molecule has 1 rings (SSSR count). The number of carbonyl (C=O) groups excluding carboxylic acids is 2. The van der Waals surface area contributed by atoms with Gasteiger partial charge in [0.2, 0.25) is 5.91 Å². The quantitative estimate of drug-likeness (QED) is 0.549. The molecule has 1 aliphatic rings. The zero-order chi connectivity index (χ0) is 11.4. The minimum absolute atomic E-state index is 0.141. The van der Waals surface area contributed by atoms with Crippen molar-refractivity contribution < 1.29 is 19.5 Å². The first-order chi connectivity index (χ1) is 7.00. The molecule has 0 radical (unpaired) electrons. The summed E-state index contributed by atoms with van der Waals surface area (Å²) in [5.74, 6) is -1.94. The van der Waals surface area contributed by atoms with Gasteiger partial charge in [-0.3, -0.25) is 14.4 Å². The van der Waals surface area contributed by atoms with Gasteiger partial charge in [0.15, 0.2) is 0 Å². The van der Waals surface area contributed by atoms with Crippen LogP contribution < -0.4 is 10.7 Å². The minimum atomic E-state index is -1.12. The number of hydrogen-bond acceptors (Lipinski definition) is 4. The lowest BCUT2D eigenvalue weighted by atomic mass is 10.1. The topological polar surface area (TPSA) is 108 Å². The summed E-state index contributed by atoms with van der Waals surface area (Å²) in [5, 5.41) is 14.3. The Morgan fingerprint density at radius 3 is 2.67 bits per heavy atom. The molecule has 0 aliphatic carbocycles. The molecule has 0 spiro atoms. The van der Waals surface area contributed by atoms with Gasteiger partial charge in [-0.05, 0) is 6.92 Å². The number of hydrogen-bond donors (Lipinski definition) is 3. The maximum atomic E-state index is 11.4. The molecule has 0 aromatic heterocycles. The van der Waals surface area contributed by atoms with Crippen molar-refractivity contribution >= 4 is 23.5 Å². The molecule has 15 heavy (non-hydrogen) atoms. The molecule has 7 heteroatoms. The smallest absolute Gasteiger partial charge is 0.325 e. The normalized spacial score (nSPS) is 17.4. The van der Waals surface area contributed by atoms with Crippen molar-refractivity contribution in [2.45, 2.75) is 25.8 Å². The Morgan fingerprint density at radius 1 is 1.53 bits per heavy atom. The zero-order valence-electron chi connectivity index (χ0n) is 8.11. The monoisotopic (exact) mass is 213 g/mol. The van der Waals surface area contributed by atoms with Crippen molar-refractivity contribution in [2.75, 3.05) is 0 Å². The van der Waals surface area contributed by atoms with Gasteiger partial charge in [0.1, 0.15) is 11.8 Å². The number of rotatable bonds is 3.